The van der Waals surface area contributed by atoms with Crippen molar-refractivity contribution < 1.29 is 22.4 Å². The first-order chi connectivity index (χ1) is 13.9. The summed E-state index contributed by atoms with van der Waals surface area (Å²) < 4.78 is 52.4. The number of nitrogens with one attached hydrogen (secondary N) is 1. The number of ether oxygens (including phenoxy) is 1. The van der Waals surface area contributed by atoms with Crippen LogP contribution in [0.1, 0.15) is 61.8 Å². The van der Waals surface area contributed by atoms with Gasteiger partial charge in [-0.3, -0.25) is 0 Å². The molecule has 0 spiro atoms. The maximum Gasteiger partial charge on any atom is 0.417 e. The van der Waals surface area contributed by atoms with Gasteiger partial charge in [-0.15, -0.1) is 0 Å². The quantitative estimate of drug-likeness (QED) is 0.734. The molecule has 2 bridgehead atoms. The highest BCUT2D eigenvalue weighted by Crippen LogP contribution is 2.46. The van der Waals surface area contributed by atoms with Crippen molar-refractivity contribution >= 4 is 0 Å². The van der Waals surface area contributed by atoms with Gasteiger partial charge in [-0.2, -0.15) is 13.2 Å². The number of fused-ring (bicyclic) bond motifs is 2. The molecule has 7 heteroatoms. The molecular formula is C22H25F3N2O2. The third kappa shape index (κ3) is 3.70. The van der Waals surface area contributed by atoms with E-state index in [9.17, 15) is 13.2 Å². The van der Waals surface area contributed by atoms with Crippen LogP contribution in [0, 0.1) is 5.92 Å². The molecule has 156 valence electrons. The third-order valence-electron chi connectivity index (χ3n) is 6.57. The number of piperidine rings is 1. The van der Waals surface area contributed by atoms with Crippen molar-refractivity contribution in [2.75, 3.05) is 0 Å². The van der Waals surface area contributed by atoms with Crippen molar-refractivity contribution in [2.24, 2.45) is 5.92 Å². The number of nitrogens with zero attached hydrogens (tertiary/aromatic N) is 1. The van der Waals surface area contributed by atoms with Crippen LogP contribution in [0.3, 0.4) is 0 Å². The van der Waals surface area contributed by atoms with Crippen LogP contribution in [0.4, 0.5) is 13.2 Å². The molecule has 0 radical (unpaired) electrons. The number of hydrogen-bond acceptors (Lipinski definition) is 4. The van der Waals surface area contributed by atoms with Crippen LogP contribution in [0.15, 0.2) is 28.8 Å². The van der Waals surface area contributed by atoms with E-state index >= 15 is 0 Å². The molecule has 4 atom stereocenters. The topological polar surface area (TPSA) is 47.3 Å². The van der Waals surface area contributed by atoms with Gasteiger partial charge in [0, 0.05) is 29.1 Å². The summed E-state index contributed by atoms with van der Waals surface area (Å²) >= 11 is 0. The second kappa shape index (κ2) is 7.13. The van der Waals surface area contributed by atoms with E-state index in [2.05, 4.69) is 17.4 Å². The molecule has 1 saturated carbocycles. The molecule has 29 heavy (non-hydrogen) atoms. The average molecular weight is 406 g/mol. The Kier molecular flexibility index (Phi) is 4.70. The summed E-state index contributed by atoms with van der Waals surface area (Å²) in [5, 5.41) is 7.70. The van der Waals surface area contributed by atoms with Gasteiger partial charge in [0.05, 0.1) is 18.3 Å². The van der Waals surface area contributed by atoms with E-state index < -0.39 is 11.7 Å². The third-order valence-corrected chi connectivity index (χ3v) is 6.57. The molecule has 2 aromatic rings. The maximum atomic E-state index is 13.6. The zero-order valence-electron chi connectivity index (χ0n) is 16.3. The van der Waals surface area contributed by atoms with Crippen molar-refractivity contribution in [3.05, 3.63) is 41.2 Å². The van der Waals surface area contributed by atoms with E-state index in [0.29, 0.717) is 29.3 Å². The van der Waals surface area contributed by atoms with Gasteiger partial charge in [0.2, 0.25) is 0 Å². The first-order valence-electron chi connectivity index (χ1n) is 10.4. The summed E-state index contributed by atoms with van der Waals surface area (Å²) in [5.41, 5.74) is 0.326. The molecule has 1 aromatic carbocycles. The highest BCUT2D eigenvalue weighted by Gasteiger charge is 2.40. The Balaban J connectivity index is 1.42. The second-order valence-electron chi connectivity index (χ2n) is 8.78. The summed E-state index contributed by atoms with van der Waals surface area (Å²) in [6.45, 7) is 2.51. The van der Waals surface area contributed by atoms with Crippen LogP contribution in [0.2, 0.25) is 0 Å². The molecule has 4 nitrogen and oxygen atoms in total. The van der Waals surface area contributed by atoms with E-state index in [1.165, 1.54) is 12.1 Å². The zero-order chi connectivity index (χ0) is 20.2. The van der Waals surface area contributed by atoms with Gasteiger partial charge in [-0.05, 0) is 44.1 Å². The molecule has 3 aliphatic rings. The normalized spacial score (nSPS) is 29.4. The Bertz CT molecular complexity index is 888. The second-order valence-corrected chi connectivity index (χ2v) is 8.78. The molecule has 3 fully saturated rings. The first-order valence-corrected chi connectivity index (χ1v) is 10.4. The van der Waals surface area contributed by atoms with Crippen LogP contribution in [0.5, 0.6) is 0 Å². The first kappa shape index (κ1) is 19.1. The Hall–Kier alpha value is -1.86. The van der Waals surface area contributed by atoms with Crippen molar-refractivity contribution in [1.82, 2.24) is 10.5 Å². The molecule has 1 aromatic heterocycles. The van der Waals surface area contributed by atoms with E-state index in [0.717, 1.165) is 38.2 Å². The summed E-state index contributed by atoms with van der Waals surface area (Å²) in [4.78, 5) is 0. The Morgan fingerprint density at radius 2 is 1.97 bits per heavy atom. The van der Waals surface area contributed by atoms with Crippen molar-refractivity contribution in [3.63, 3.8) is 0 Å². The maximum absolute atomic E-state index is 13.6. The molecule has 3 heterocycles. The molecular weight excluding hydrogens is 381 g/mol. The fourth-order valence-electron chi connectivity index (χ4n) is 4.92. The Morgan fingerprint density at radius 1 is 1.17 bits per heavy atom. The van der Waals surface area contributed by atoms with Gasteiger partial charge in [0.25, 0.3) is 0 Å². The monoisotopic (exact) mass is 406 g/mol. The molecule has 5 rings (SSSR count). The molecule has 1 N–H and O–H groups in total. The lowest BCUT2D eigenvalue weighted by Crippen LogP contribution is -2.42. The van der Waals surface area contributed by atoms with Crippen LogP contribution < -0.4 is 5.32 Å². The van der Waals surface area contributed by atoms with Gasteiger partial charge in [-0.25, -0.2) is 0 Å². The SMILES string of the molecule is C[C@@H]1CC2CC(OCc3c(-c4ccccc4C(F)(F)F)noc3C3CC3)CC1N2. The highest BCUT2D eigenvalue weighted by molar-refractivity contribution is 5.68. The zero-order valence-corrected chi connectivity index (χ0v) is 16.3. The molecule has 0 amide bonds. The summed E-state index contributed by atoms with van der Waals surface area (Å²) in [6.07, 6.45) is 0.682. The number of halogens is 3. The number of rotatable bonds is 5. The average Bonchev–Trinajstić information content (AvgIpc) is 3.39. The lowest BCUT2D eigenvalue weighted by Gasteiger charge is -2.29. The highest BCUT2D eigenvalue weighted by atomic mass is 19.4. The van der Waals surface area contributed by atoms with Crippen molar-refractivity contribution in [2.45, 2.75) is 75.9 Å². The van der Waals surface area contributed by atoms with Crippen LogP contribution in [-0.2, 0) is 17.5 Å². The van der Waals surface area contributed by atoms with Crippen LogP contribution in [-0.4, -0.2) is 23.3 Å². The summed E-state index contributed by atoms with van der Waals surface area (Å²) in [6, 6.07) is 6.51. The van der Waals surface area contributed by atoms with Gasteiger partial charge >= 0.3 is 6.18 Å². The Labute approximate surface area is 167 Å². The number of benzene rings is 1. The fraction of sp³-hybridized carbons (Fsp3) is 0.591. The largest absolute Gasteiger partial charge is 0.417 e. The van der Waals surface area contributed by atoms with Gasteiger partial charge in [0.15, 0.2) is 0 Å². The van der Waals surface area contributed by atoms with Crippen LogP contribution in [0.25, 0.3) is 11.3 Å². The molecule has 1 aliphatic carbocycles. The van der Waals surface area contributed by atoms with Crippen molar-refractivity contribution in [1.29, 1.82) is 0 Å². The predicted molar refractivity (Wildman–Crippen MR) is 101 cm³/mol. The lowest BCUT2D eigenvalue weighted by molar-refractivity contribution is -0.137. The molecule has 3 unspecified atom stereocenters. The Morgan fingerprint density at radius 3 is 2.69 bits per heavy atom. The van der Waals surface area contributed by atoms with E-state index in [4.69, 9.17) is 9.26 Å². The van der Waals surface area contributed by atoms with E-state index in [-0.39, 0.29) is 29.9 Å². The smallest absolute Gasteiger partial charge is 0.373 e. The minimum atomic E-state index is -4.45. The van der Waals surface area contributed by atoms with E-state index in [1.54, 1.807) is 6.07 Å². The van der Waals surface area contributed by atoms with Crippen LogP contribution >= 0.6 is 0 Å². The van der Waals surface area contributed by atoms with Gasteiger partial charge in [-0.1, -0.05) is 30.3 Å². The molecule has 2 aliphatic heterocycles. The van der Waals surface area contributed by atoms with Crippen molar-refractivity contribution in [3.8, 4) is 11.3 Å². The standard InChI is InChI=1S/C22H25F3N2O2/c1-12-8-14-9-15(10-19(12)26-14)28-11-17-20(27-29-21(17)13-6-7-13)16-4-2-3-5-18(16)22(23,24)25/h2-5,12-15,19,26H,6-11H2,1H3/t12-,14?,15?,19?/m1/s1. The number of aromatic nitrogens is 1. The number of hydrogen-bond donors (Lipinski definition) is 1. The summed E-state index contributed by atoms with van der Waals surface area (Å²) in [7, 11) is 0. The lowest BCUT2D eigenvalue weighted by atomic mass is 9.98. The summed E-state index contributed by atoms with van der Waals surface area (Å²) in [5.74, 6) is 1.58. The minimum absolute atomic E-state index is 0.0632. The molecule has 2 saturated heterocycles. The fourth-order valence-corrected chi connectivity index (χ4v) is 4.92. The minimum Gasteiger partial charge on any atom is -0.373 e. The van der Waals surface area contributed by atoms with E-state index in [1.807, 2.05) is 0 Å². The predicted octanol–water partition coefficient (Wildman–Crippen LogP) is 5.28. The van der Waals surface area contributed by atoms with Gasteiger partial charge in [0.1, 0.15) is 11.5 Å². The van der Waals surface area contributed by atoms with Gasteiger partial charge < -0.3 is 14.6 Å². The number of alkyl halides is 3.